The van der Waals surface area contributed by atoms with Gasteiger partial charge < -0.3 is 5.32 Å². The van der Waals surface area contributed by atoms with Crippen LogP contribution in [0.3, 0.4) is 0 Å². The van der Waals surface area contributed by atoms with Gasteiger partial charge in [0.15, 0.2) is 0 Å². The van der Waals surface area contributed by atoms with E-state index in [4.69, 9.17) is 0 Å². The van der Waals surface area contributed by atoms with Gasteiger partial charge in [-0.2, -0.15) is 5.10 Å². The van der Waals surface area contributed by atoms with Gasteiger partial charge in [0, 0.05) is 17.8 Å². The third-order valence-corrected chi connectivity index (χ3v) is 4.08. The Bertz CT molecular complexity index is 585. The molecule has 3 rings (SSSR count). The van der Waals surface area contributed by atoms with E-state index in [1.807, 2.05) is 37.1 Å². The van der Waals surface area contributed by atoms with Crippen molar-refractivity contribution in [2.24, 2.45) is 0 Å². The lowest BCUT2D eigenvalue weighted by atomic mass is 9.87. The lowest BCUT2D eigenvalue weighted by Crippen LogP contribution is -2.40. The second-order valence-electron chi connectivity index (χ2n) is 5.23. The van der Waals surface area contributed by atoms with Crippen molar-refractivity contribution in [1.82, 2.24) is 15.1 Å². The van der Waals surface area contributed by atoms with Crippen LogP contribution in [0.2, 0.25) is 0 Å². The molecule has 1 fully saturated rings. The largest absolute Gasteiger partial charge is 0.317 e. The van der Waals surface area contributed by atoms with Crippen LogP contribution < -0.4 is 5.32 Å². The van der Waals surface area contributed by atoms with Crippen molar-refractivity contribution < 1.29 is 4.39 Å². The first-order valence-electron chi connectivity index (χ1n) is 6.66. The van der Waals surface area contributed by atoms with E-state index in [0.29, 0.717) is 17.6 Å². The number of nitrogens with zero attached hydrogens (tertiary/aromatic N) is 2. The zero-order chi connectivity index (χ0) is 13.4. The third kappa shape index (κ3) is 2.16. The number of nitrogens with one attached hydrogen (secondary N) is 1. The lowest BCUT2D eigenvalue weighted by Gasteiger charge is -2.35. The van der Waals surface area contributed by atoms with Crippen LogP contribution in [-0.4, -0.2) is 22.9 Å². The quantitative estimate of drug-likeness (QED) is 0.918. The Labute approximate surface area is 112 Å². The fraction of sp³-hybridized carbons (Fsp3) is 0.400. The molecular weight excluding hydrogens is 241 g/mol. The van der Waals surface area contributed by atoms with Crippen molar-refractivity contribution in [2.45, 2.75) is 31.8 Å². The zero-order valence-electron chi connectivity index (χ0n) is 11.2. The van der Waals surface area contributed by atoms with Crippen LogP contribution in [0.4, 0.5) is 4.39 Å². The van der Waals surface area contributed by atoms with Crippen LogP contribution in [0.1, 0.15) is 24.4 Å². The Morgan fingerprint density at radius 3 is 2.89 bits per heavy atom. The first kappa shape index (κ1) is 12.4. The number of rotatable bonds is 3. The van der Waals surface area contributed by atoms with Gasteiger partial charge in [-0.05, 0) is 44.0 Å². The summed E-state index contributed by atoms with van der Waals surface area (Å²) in [4.78, 5) is 0. The van der Waals surface area contributed by atoms with E-state index in [0.717, 1.165) is 24.0 Å². The first-order valence-corrected chi connectivity index (χ1v) is 6.66. The highest BCUT2D eigenvalue weighted by Crippen LogP contribution is 2.33. The summed E-state index contributed by atoms with van der Waals surface area (Å²) in [5.41, 5.74) is 2.60. The monoisotopic (exact) mass is 259 g/mol. The maximum atomic E-state index is 13.6. The number of benzene rings is 1. The highest BCUT2D eigenvalue weighted by molar-refractivity contribution is 5.65. The highest BCUT2D eigenvalue weighted by atomic mass is 19.1. The van der Waals surface area contributed by atoms with Crippen molar-refractivity contribution in [3.8, 4) is 11.1 Å². The molecule has 1 heterocycles. The van der Waals surface area contributed by atoms with E-state index in [9.17, 15) is 4.39 Å². The normalized spacial score (nSPS) is 22.3. The van der Waals surface area contributed by atoms with E-state index in [2.05, 4.69) is 10.4 Å². The zero-order valence-corrected chi connectivity index (χ0v) is 11.2. The fourth-order valence-electron chi connectivity index (χ4n) is 2.64. The molecule has 1 saturated carbocycles. The Morgan fingerprint density at radius 2 is 2.16 bits per heavy atom. The number of halogens is 1. The summed E-state index contributed by atoms with van der Waals surface area (Å²) in [7, 11) is 1.99. The summed E-state index contributed by atoms with van der Waals surface area (Å²) in [5.74, 6) is -0.163. The molecule has 19 heavy (non-hydrogen) atoms. The van der Waals surface area contributed by atoms with E-state index in [1.165, 1.54) is 6.07 Å². The van der Waals surface area contributed by atoms with Crippen molar-refractivity contribution in [3.05, 3.63) is 42.0 Å². The minimum Gasteiger partial charge on any atom is -0.317 e. The van der Waals surface area contributed by atoms with E-state index < -0.39 is 0 Å². The predicted molar refractivity (Wildman–Crippen MR) is 73.5 cm³/mol. The van der Waals surface area contributed by atoms with E-state index >= 15 is 0 Å². The molecule has 1 N–H and O–H groups in total. The van der Waals surface area contributed by atoms with Gasteiger partial charge in [0.25, 0.3) is 0 Å². The summed E-state index contributed by atoms with van der Waals surface area (Å²) in [6.07, 6.45) is 6.08. The summed E-state index contributed by atoms with van der Waals surface area (Å²) in [6, 6.07) is 6.26. The smallest absolute Gasteiger partial charge is 0.126 e. The summed E-state index contributed by atoms with van der Waals surface area (Å²) in [6.45, 7) is 1.81. The van der Waals surface area contributed by atoms with Gasteiger partial charge in [0.2, 0.25) is 0 Å². The van der Waals surface area contributed by atoms with E-state index in [1.54, 1.807) is 6.07 Å². The van der Waals surface area contributed by atoms with Crippen LogP contribution in [0.15, 0.2) is 30.6 Å². The summed E-state index contributed by atoms with van der Waals surface area (Å²) < 4.78 is 15.6. The average Bonchev–Trinajstić information content (AvgIpc) is 2.80. The fourth-order valence-corrected chi connectivity index (χ4v) is 2.64. The molecule has 0 aliphatic heterocycles. The average molecular weight is 259 g/mol. The van der Waals surface area contributed by atoms with Gasteiger partial charge in [-0.1, -0.05) is 12.1 Å². The Balaban J connectivity index is 1.84. The molecule has 1 aromatic heterocycles. The maximum absolute atomic E-state index is 13.6. The third-order valence-electron chi connectivity index (χ3n) is 4.08. The molecule has 0 radical (unpaired) electrons. The van der Waals surface area contributed by atoms with Crippen LogP contribution in [-0.2, 0) is 0 Å². The van der Waals surface area contributed by atoms with Gasteiger partial charge in [0.1, 0.15) is 5.82 Å². The second-order valence-corrected chi connectivity index (χ2v) is 5.23. The SMILES string of the molecule is CNC1CC(n2cc(-c3cccc(F)c3C)cn2)C1. The number of hydrogen-bond acceptors (Lipinski definition) is 2. The molecule has 0 saturated heterocycles. The Kier molecular flexibility index (Phi) is 3.11. The molecule has 0 amide bonds. The molecular formula is C15H18FN3. The van der Waals surface area contributed by atoms with E-state index in [-0.39, 0.29) is 5.82 Å². The predicted octanol–water partition coefficient (Wildman–Crippen LogP) is 2.92. The summed E-state index contributed by atoms with van der Waals surface area (Å²) in [5, 5.41) is 7.69. The topological polar surface area (TPSA) is 29.9 Å². The Morgan fingerprint density at radius 1 is 1.37 bits per heavy atom. The molecule has 2 aromatic rings. The molecule has 1 aliphatic carbocycles. The minimum absolute atomic E-state index is 0.163. The molecule has 0 atom stereocenters. The number of hydrogen-bond donors (Lipinski definition) is 1. The first-order chi connectivity index (χ1) is 9.19. The van der Waals surface area contributed by atoms with Gasteiger partial charge in [0.05, 0.1) is 12.2 Å². The van der Waals surface area contributed by atoms with Crippen LogP contribution in [0, 0.1) is 12.7 Å². The second kappa shape index (κ2) is 4.78. The van der Waals surface area contributed by atoms with Crippen LogP contribution >= 0.6 is 0 Å². The minimum atomic E-state index is -0.163. The maximum Gasteiger partial charge on any atom is 0.126 e. The molecule has 1 aliphatic rings. The van der Waals surface area contributed by atoms with Crippen molar-refractivity contribution >= 4 is 0 Å². The Hall–Kier alpha value is -1.68. The van der Waals surface area contributed by atoms with Crippen LogP contribution in [0.25, 0.3) is 11.1 Å². The standard InChI is InChI=1S/C15H18FN3/c1-10-14(4-3-5-15(10)16)11-8-18-19(9-11)13-6-12(7-13)17-2/h3-5,8-9,12-13,17H,6-7H2,1-2H3. The summed E-state index contributed by atoms with van der Waals surface area (Å²) >= 11 is 0. The molecule has 0 bridgehead atoms. The molecule has 3 nitrogen and oxygen atoms in total. The van der Waals surface area contributed by atoms with Crippen molar-refractivity contribution in [2.75, 3.05) is 7.05 Å². The molecule has 0 spiro atoms. The van der Waals surface area contributed by atoms with Gasteiger partial charge in [-0.15, -0.1) is 0 Å². The van der Waals surface area contributed by atoms with Crippen molar-refractivity contribution in [3.63, 3.8) is 0 Å². The number of aromatic nitrogens is 2. The lowest BCUT2D eigenvalue weighted by molar-refractivity contribution is 0.220. The molecule has 100 valence electrons. The van der Waals surface area contributed by atoms with Gasteiger partial charge in [-0.25, -0.2) is 4.39 Å². The molecule has 1 aromatic carbocycles. The molecule has 4 heteroatoms. The van der Waals surface area contributed by atoms with Gasteiger partial charge in [-0.3, -0.25) is 4.68 Å². The van der Waals surface area contributed by atoms with Gasteiger partial charge >= 0.3 is 0 Å². The van der Waals surface area contributed by atoms with Crippen molar-refractivity contribution in [1.29, 1.82) is 0 Å². The molecule has 0 unspecified atom stereocenters. The highest BCUT2D eigenvalue weighted by Gasteiger charge is 2.29. The van der Waals surface area contributed by atoms with Crippen LogP contribution in [0.5, 0.6) is 0 Å².